The predicted molar refractivity (Wildman–Crippen MR) is 62.0 cm³/mol. The summed E-state index contributed by atoms with van der Waals surface area (Å²) in [7, 11) is 0. The maximum Gasteiger partial charge on any atom is 0.121 e. The molecule has 82 valence electrons. The average molecular weight is 205 g/mol. The van der Waals surface area contributed by atoms with Crippen LogP contribution in [0.5, 0.6) is 5.75 Å². The smallest absolute Gasteiger partial charge is 0.121 e. The Morgan fingerprint density at radius 3 is 2.60 bits per heavy atom. The Kier molecular flexibility index (Phi) is 2.70. The molecular formula is C13H19NO. The van der Waals surface area contributed by atoms with Crippen LogP contribution in [0.15, 0.2) is 18.2 Å². The Morgan fingerprint density at radius 2 is 2.00 bits per heavy atom. The van der Waals surface area contributed by atoms with Crippen molar-refractivity contribution in [3.05, 3.63) is 29.3 Å². The van der Waals surface area contributed by atoms with Gasteiger partial charge in [-0.3, -0.25) is 0 Å². The normalized spacial score (nSPS) is 17.7. The third-order valence-electron chi connectivity index (χ3n) is 3.37. The van der Waals surface area contributed by atoms with Crippen LogP contribution >= 0.6 is 0 Å². The van der Waals surface area contributed by atoms with E-state index in [1.165, 1.54) is 0 Å². The lowest BCUT2D eigenvalue weighted by Crippen LogP contribution is -2.22. The van der Waals surface area contributed by atoms with E-state index in [2.05, 4.69) is 6.92 Å². The van der Waals surface area contributed by atoms with E-state index in [9.17, 15) is 5.11 Å². The van der Waals surface area contributed by atoms with E-state index >= 15 is 0 Å². The molecule has 3 N–H and O–H groups in total. The minimum Gasteiger partial charge on any atom is -0.507 e. The Bertz CT molecular complexity index is 356. The number of nitrogens with two attached hydrogens (primary N) is 1. The maximum absolute atomic E-state index is 9.97. The second-order valence-corrected chi connectivity index (χ2v) is 4.64. The molecular weight excluding hydrogens is 186 g/mol. The van der Waals surface area contributed by atoms with Gasteiger partial charge in [-0.25, -0.2) is 0 Å². The summed E-state index contributed by atoms with van der Waals surface area (Å²) in [5, 5.41) is 9.97. The first-order chi connectivity index (χ1) is 7.14. The molecule has 2 heteroatoms. The number of benzene rings is 1. The number of aryl methyl sites for hydroxylation is 2. The molecule has 0 saturated heterocycles. The van der Waals surface area contributed by atoms with E-state index in [4.69, 9.17) is 5.73 Å². The van der Waals surface area contributed by atoms with Crippen molar-refractivity contribution in [2.45, 2.75) is 44.6 Å². The number of hydrogen-bond acceptors (Lipinski definition) is 2. The van der Waals surface area contributed by atoms with Crippen molar-refractivity contribution in [3.63, 3.8) is 0 Å². The first kappa shape index (κ1) is 10.5. The number of hydrogen-bond donors (Lipinski definition) is 2. The molecule has 1 aromatic carbocycles. The number of phenols is 1. The van der Waals surface area contributed by atoms with E-state index in [1.54, 1.807) is 0 Å². The number of rotatable bonds is 4. The highest BCUT2D eigenvalue weighted by Crippen LogP contribution is 2.37. The summed E-state index contributed by atoms with van der Waals surface area (Å²) in [5.74, 6) is 0.476. The van der Waals surface area contributed by atoms with Crippen molar-refractivity contribution in [3.8, 4) is 5.75 Å². The van der Waals surface area contributed by atoms with Gasteiger partial charge in [0.1, 0.15) is 5.75 Å². The summed E-state index contributed by atoms with van der Waals surface area (Å²) < 4.78 is 0. The fourth-order valence-electron chi connectivity index (χ4n) is 1.93. The molecule has 0 amide bonds. The molecule has 2 nitrogen and oxygen atoms in total. The number of aromatic hydroxyl groups is 1. The molecule has 1 aromatic rings. The van der Waals surface area contributed by atoms with Gasteiger partial charge in [0.2, 0.25) is 0 Å². The van der Waals surface area contributed by atoms with Crippen LogP contribution in [-0.4, -0.2) is 10.6 Å². The standard InChI is InChI=1S/C13H19NO/c1-2-10-4-3-5-11(12(10)15)6-7-13(14)8-9-13/h3-5,15H,2,6-9,14H2,1H3. The van der Waals surface area contributed by atoms with Crippen LogP contribution in [0.3, 0.4) is 0 Å². The van der Waals surface area contributed by atoms with Gasteiger partial charge in [-0.1, -0.05) is 25.1 Å². The second kappa shape index (κ2) is 3.86. The zero-order valence-corrected chi connectivity index (χ0v) is 9.29. The third kappa shape index (κ3) is 2.32. The molecule has 0 radical (unpaired) electrons. The molecule has 0 unspecified atom stereocenters. The highest BCUT2D eigenvalue weighted by Gasteiger charge is 2.37. The zero-order chi connectivity index (χ0) is 10.9. The summed E-state index contributed by atoms with van der Waals surface area (Å²) in [6.07, 6.45) is 5.06. The van der Waals surface area contributed by atoms with Crippen LogP contribution < -0.4 is 5.73 Å². The van der Waals surface area contributed by atoms with Crippen LogP contribution in [0.25, 0.3) is 0 Å². The van der Waals surface area contributed by atoms with Gasteiger partial charge >= 0.3 is 0 Å². The van der Waals surface area contributed by atoms with Crippen molar-refractivity contribution in [2.24, 2.45) is 5.73 Å². The quantitative estimate of drug-likeness (QED) is 0.792. The first-order valence-corrected chi connectivity index (χ1v) is 5.73. The van der Waals surface area contributed by atoms with Gasteiger partial charge in [0.15, 0.2) is 0 Å². The molecule has 1 aliphatic carbocycles. The first-order valence-electron chi connectivity index (χ1n) is 5.73. The van der Waals surface area contributed by atoms with Crippen LogP contribution in [-0.2, 0) is 12.8 Å². The van der Waals surface area contributed by atoms with Crippen molar-refractivity contribution in [2.75, 3.05) is 0 Å². The molecule has 1 fully saturated rings. The summed E-state index contributed by atoms with van der Waals surface area (Å²) in [4.78, 5) is 0. The predicted octanol–water partition coefficient (Wildman–Crippen LogP) is 2.38. The lowest BCUT2D eigenvalue weighted by molar-refractivity contribution is 0.458. The largest absolute Gasteiger partial charge is 0.507 e. The Balaban J connectivity index is 2.07. The van der Waals surface area contributed by atoms with Crippen LogP contribution in [0.2, 0.25) is 0 Å². The molecule has 0 bridgehead atoms. The van der Waals surface area contributed by atoms with Crippen molar-refractivity contribution in [1.29, 1.82) is 0 Å². The Labute approximate surface area is 91.1 Å². The Hall–Kier alpha value is -1.02. The van der Waals surface area contributed by atoms with Crippen LogP contribution in [0.1, 0.15) is 37.3 Å². The molecule has 0 spiro atoms. The van der Waals surface area contributed by atoms with E-state index in [0.717, 1.165) is 43.2 Å². The minimum atomic E-state index is 0.0780. The zero-order valence-electron chi connectivity index (χ0n) is 9.29. The number of phenolic OH excluding ortho intramolecular Hbond substituents is 1. The SMILES string of the molecule is CCc1cccc(CCC2(N)CC2)c1O. The monoisotopic (exact) mass is 205 g/mol. The van der Waals surface area contributed by atoms with Gasteiger partial charge in [0, 0.05) is 5.54 Å². The number of para-hydroxylation sites is 1. The van der Waals surface area contributed by atoms with Crippen molar-refractivity contribution >= 4 is 0 Å². The molecule has 15 heavy (non-hydrogen) atoms. The lowest BCUT2D eigenvalue weighted by atomic mass is 10.00. The van der Waals surface area contributed by atoms with E-state index < -0.39 is 0 Å². The molecule has 0 atom stereocenters. The Morgan fingerprint density at radius 1 is 1.33 bits per heavy atom. The fraction of sp³-hybridized carbons (Fsp3) is 0.538. The van der Waals surface area contributed by atoms with Crippen LogP contribution in [0.4, 0.5) is 0 Å². The average Bonchev–Trinajstić information content (AvgIpc) is 2.96. The topological polar surface area (TPSA) is 46.2 Å². The molecule has 1 aliphatic rings. The molecule has 0 aliphatic heterocycles. The van der Waals surface area contributed by atoms with Gasteiger partial charge < -0.3 is 10.8 Å². The molecule has 1 saturated carbocycles. The van der Waals surface area contributed by atoms with E-state index in [0.29, 0.717) is 5.75 Å². The second-order valence-electron chi connectivity index (χ2n) is 4.64. The molecule has 2 rings (SSSR count). The molecule has 0 aromatic heterocycles. The third-order valence-corrected chi connectivity index (χ3v) is 3.37. The van der Waals surface area contributed by atoms with Gasteiger partial charge in [-0.05, 0) is 43.2 Å². The van der Waals surface area contributed by atoms with Gasteiger partial charge in [0.25, 0.3) is 0 Å². The summed E-state index contributed by atoms with van der Waals surface area (Å²) >= 11 is 0. The summed E-state index contributed by atoms with van der Waals surface area (Å²) in [6, 6.07) is 6.00. The van der Waals surface area contributed by atoms with Gasteiger partial charge in [-0.15, -0.1) is 0 Å². The lowest BCUT2D eigenvalue weighted by Gasteiger charge is -2.11. The fourth-order valence-corrected chi connectivity index (χ4v) is 1.93. The highest BCUT2D eigenvalue weighted by atomic mass is 16.3. The van der Waals surface area contributed by atoms with Gasteiger partial charge in [0.05, 0.1) is 0 Å². The van der Waals surface area contributed by atoms with Crippen molar-refractivity contribution in [1.82, 2.24) is 0 Å². The van der Waals surface area contributed by atoms with E-state index in [-0.39, 0.29) is 5.54 Å². The summed E-state index contributed by atoms with van der Waals surface area (Å²) in [6.45, 7) is 2.06. The summed E-state index contributed by atoms with van der Waals surface area (Å²) in [5.41, 5.74) is 8.20. The van der Waals surface area contributed by atoms with Crippen LogP contribution in [0, 0.1) is 0 Å². The minimum absolute atomic E-state index is 0.0780. The highest BCUT2D eigenvalue weighted by molar-refractivity contribution is 5.40. The van der Waals surface area contributed by atoms with Crippen molar-refractivity contribution < 1.29 is 5.11 Å². The van der Waals surface area contributed by atoms with Gasteiger partial charge in [-0.2, -0.15) is 0 Å². The molecule has 0 heterocycles. The maximum atomic E-state index is 9.97. The van der Waals surface area contributed by atoms with E-state index in [1.807, 2.05) is 18.2 Å².